The van der Waals surface area contributed by atoms with Gasteiger partial charge in [0.25, 0.3) is 0 Å². The topological polar surface area (TPSA) is 51.0 Å². The van der Waals surface area contributed by atoms with Crippen molar-refractivity contribution < 1.29 is 4.79 Å². The molecule has 27 heavy (non-hydrogen) atoms. The molecule has 0 bridgehead atoms. The Morgan fingerprint density at radius 1 is 1.26 bits per heavy atom. The van der Waals surface area contributed by atoms with E-state index in [-0.39, 0.29) is 11.2 Å². The molecule has 0 saturated heterocycles. The average Bonchev–Trinajstić information content (AvgIpc) is 3.20. The van der Waals surface area contributed by atoms with Crippen molar-refractivity contribution in [2.24, 2.45) is 0 Å². The van der Waals surface area contributed by atoms with Crippen molar-refractivity contribution in [3.05, 3.63) is 53.4 Å². The zero-order valence-corrected chi connectivity index (χ0v) is 17.0. The Morgan fingerprint density at radius 3 is 2.70 bits per heavy atom. The van der Waals surface area contributed by atoms with Crippen LogP contribution in [0.3, 0.4) is 0 Å². The highest BCUT2D eigenvalue weighted by Crippen LogP contribution is 2.42. The number of benzene rings is 1. The molecule has 1 amide bonds. The largest absolute Gasteiger partial charge is 0.340 e. The summed E-state index contributed by atoms with van der Waals surface area (Å²) in [6.45, 7) is 2.56. The number of hydrogen-bond donors (Lipinski definition) is 0. The summed E-state index contributed by atoms with van der Waals surface area (Å²) in [5.41, 5.74) is 1.13. The fourth-order valence-electron chi connectivity index (χ4n) is 3.05. The minimum absolute atomic E-state index is 0.104. The Labute approximate surface area is 167 Å². The zero-order chi connectivity index (χ0) is 18.8. The van der Waals surface area contributed by atoms with Gasteiger partial charge in [0, 0.05) is 19.6 Å². The molecule has 1 aliphatic rings. The standard InChI is InChI=1S/C20H22N4OS2/c1-14(19(25)23(2)13-15-7-4-3-5-8-15)27-20-22-21-18(17-9-6-12-26-17)24(20)16-10-11-16/h3-9,12,14,16H,10-11,13H2,1-2H3/t14-/m0/s1. The van der Waals surface area contributed by atoms with Crippen LogP contribution in [0, 0.1) is 0 Å². The third-order valence-electron chi connectivity index (χ3n) is 4.59. The van der Waals surface area contributed by atoms with E-state index in [1.54, 1.807) is 16.2 Å². The van der Waals surface area contributed by atoms with Gasteiger partial charge in [0.15, 0.2) is 11.0 Å². The Balaban J connectivity index is 1.48. The van der Waals surface area contributed by atoms with Crippen molar-refractivity contribution in [3.8, 4) is 10.7 Å². The van der Waals surface area contributed by atoms with Crippen LogP contribution in [0.25, 0.3) is 10.7 Å². The van der Waals surface area contributed by atoms with Crippen LogP contribution in [0.15, 0.2) is 53.0 Å². The first kappa shape index (κ1) is 18.3. The molecule has 0 radical (unpaired) electrons. The zero-order valence-electron chi connectivity index (χ0n) is 15.4. The molecule has 5 nitrogen and oxygen atoms in total. The summed E-state index contributed by atoms with van der Waals surface area (Å²) in [4.78, 5) is 15.7. The summed E-state index contributed by atoms with van der Waals surface area (Å²) < 4.78 is 2.22. The van der Waals surface area contributed by atoms with E-state index in [1.165, 1.54) is 11.8 Å². The number of nitrogens with zero attached hydrogens (tertiary/aromatic N) is 4. The van der Waals surface area contributed by atoms with Gasteiger partial charge in [-0.25, -0.2) is 0 Å². The van der Waals surface area contributed by atoms with Gasteiger partial charge < -0.3 is 4.90 Å². The molecule has 1 saturated carbocycles. The monoisotopic (exact) mass is 398 g/mol. The fraction of sp³-hybridized carbons (Fsp3) is 0.350. The van der Waals surface area contributed by atoms with Crippen molar-refractivity contribution in [2.75, 3.05) is 7.05 Å². The lowest BCUT2D eigenvalue weighted by Gasteiger charge is -2.21. The van der Waals surface area contributed by atoms with Crippen molar-refractivity contribution in [1.82, 2.24) is 19.7 Å². The summed E-state index contributed by atoms with van der Waals surface area (Å²) in [6.07, 6.45) is 2.31. The number of amides is 1. The van der Waals surface area contributed by atoms with Crippen molar-refractivity contribution >= 4 is 29.0 Å². The molecule has 0 aliphatic heterocycles. The van der Waals surface area contributed by atoms with E-state index in [9.17, 15) is 4.79 Å². The molecule has 0 N–H and O–H groups in total. The highest BCUT2D eigenvalue weighted by Gasteiger charge is 2.32. The first-order valence-electron chi connectivity index (χ1n) is 9.08. The third kappa shape index (κ3) is 4.09. The fourth-order valence-corrected chi connectivity index (χ4v) is 4.79. The molecule has 2 aromatic heterocycles. The van der Waals surface area contributed by atoms with Gasteiger partial charge in [0.1, 0.15) is 0 Å². The second-order valence-corrected chi connectivity index (χ2v) is 9.08. The number of aromatic nitrogens is 3. The maximum absolute atomic E-state index is 12.8. The maximum Gasteiger partial charge on any atom is 0.235 e. The summed E-state index contributed by atoms with van der Waals surface area (Å²) in [5, 5.41) is 11.5. The lowest BCUT2D eigenvalue weighted by molar-refractivity contribution is -0.129. The van der Waals surface area contributed by atoms with Crippen LogP contribution in [0.1, 0.15) is 31.4 Å². The number of rotatable bonds is 7. The molecule has 1 aliphatic carbocycles. The van der Waals surface area contributed by atoms with E-state index in [0.717, 1.165) is 34.3 Å². The Hall–Kier alpha value is -2.12. The smallest absolute Gasteiger partial charge is 0.235 e. The predicted molar refractivity (Wildman–Crippen MR) is 110 cm³/mol. The molecule has 1 atom stereocenters. The van der Waals surface area contributed by atoms with Crippen LogP contribution >= 0.6 is 23.1 Å². The van der Waals surface area contributed by atoms with Crippen molar-refractivity contribution in [2.45, 2.75) is 42.8 Å². The quantitative estimate of drug-likeness (QED) is 0.551. The van der Waals surface area contributed by atoms with Crippen LogP contribution in [0.2, 0.25) is 0 Å². The van der Waals surface area contributed by atoms with Crippen LogP contribution in [-0.2, 0) is 11.3 Å². The Morgan fingerprint density at radius 2 is 2.04 bits per heavy atom. The Kier molecular flexibility index (Phi) is 5.31. The maximum atomic E-state index is 12.8. The lowest BCUT2D eigenvalue weighted by atomic mass is 10.2. The molecule has 1 aromatic carbocycles. The first-order valence-corrected chi connectivity index (χ1v) is 10.8. The van der Waals surface area contributed by atoms with E-state index in [1.807, 2.05) is 50.4 Å². The predicted octanol–water partition coefficient (Wildman–Crippen LogP) is 4.48. The summed E-state index contributed by atoms with van der Waals surface area (Å²) in [5.74, 6) is 1.03. The second kappa shape index (κ2) is 7.86. The minimum atomic E-state index is -0.211. The molecule has 3 aromatic rings. The first-order chi connectivity index (χ1) is 13.1. The van der Waals surface area contributed by atoms with Gasteiger partial charge >= 0.3 is 0 Å². The van der Waals surface area contributed by atoms with Gasteiger partial charge in [0.05, 0.1) is 10.1 Å². The molecule has 140 valence electrons. The van der Waals surface area contributed by atoms with Crippen LogP contribution in [0.5, 0.6) is 0 Å². The second-order valence-electron chi connectivity index (χ2n) is 6.82. The average molecular weight is 399 g/mol. The van der Waals surface area contributed by atoms with E-state index in [2.05, 4.69) is 26.2 Å². The van der Waals surface area contributed by atoms with Crippen LogP contribution < -0.4 is 0 Å². The number of carbonyl (C=O) groups excluding carboxylic acids is 1. The minimum Gasteiger partial charge on any atom is -0.340 e. The van der Waals surface area contributed by atoms with Crippen molar-refractivity contribution in [3.63, 3.8) is 0 Å². The van der Waals surface area contributed by atoms with Gasteiger partial charge in [-0.05, 0) is 36.8 Å². The molecule has 4 rings (SSSR count). The van der Waals surface area contributed by atoms with Crippen LogP contribution in [-0.4, -0.2) is 37.9 Å². The summed E-state index contributed by atoms with van der Waals surface area (Å²) >= 11 is 3.18. The van der Waals surface area contributed by atoms with Crippen molar-refractivity contribution in [1.29, 1.82) is 0 Å². The molecule has 2 heterocycles. The Bertz CT molecular complexity index is 903. The number of thiophene rings is 1. The SMILES string of the molecule is C[C@H](Sc1nnc(-c2cccs2)n1C1CC1)C(=O)N(C)Cc1ccccc1. The number of thioether (sulfide) groups is 1. The molecular formula is C20H22N4OS2. The van der Waals surface area contributed by atoms with Gasteiger partial charge in [0.2, 0.25) is 5.91 Å². The number of carbonyl (C=O) groups is 1. The highest BCUT2D eigenvalue weighted by molar-refractivity contribution is 8.00. The summed E-state index contributed by atoms with van der Waals surface area (Å²) in [7, 11) is 1.86. The molecule has 1 fully saturated rings. The van der Waals surface area contributed by atoms with Gasteiger partial charge in [-0.3, -0.25) is 9.36 Å². The molecular weight excluding hydrogens is 376 g/mol. The molecule has 0 spiro atoms. The van der Waals surface area contributed by atoms with Crippen LogP contribution in [0.4, 0.5) is 0 Å². The lowest BCUT2D eigenvalue weighted by Crippen LogP contribution is -2.33. The highest BCUT2D eigenvalue weighted by atomic mass is 32.2. The third-order valence-corrected chi connectivity index (χ3v) is 6.50. The van der Waals surface area contributed by atoms with Gasteiger partial charge in [-0.1, -0.05) is 48.2 Å². The molecule has 7 heteroatoms. The van der Waals surface area contributed by atoms with E-state index in [4.69, 9.17) is 0 Å². The van der Waals surface area contributed by atoms with E-state index in [0.29, 0.717) is 12.6 Å². The van der Waals surface area contributed by atoms with E-state index < -0.39 is 0 Å². The summed E-state index contributed by atoms with van der Waals surface area (Å²) in [6, 6.07) is 14.6. The normalized spacial score (nSPS) is 14.9. The van der Waals surface area contributed by atoms with Gasteiger partial charge in [-0.2, -0.15) is 0 Å². The number of hydrogen-bond acceptors (Lipinski definition) is 5. The molecule has 0 unspecified atom stereocenters. The van der Waals surface area contributed by atoms with E-state index >= 15 is 0 Å². The van der Waals surface area contributed by atoms with Gasteiger partial charge in [-0.15, -0.1) is 21.5 Å².